The van der Waals surface area contributed by atoms with Gasteiger partial charge in [-0.15, -0.1) is 0 Å². The zero-order valence-electron chi connectivity index (χ0n) is 8.44. The van der Waals surface area contributed by atoms with E-state index in [1.54, 1.807) is 0 Å². The third-order valence-corrected chi connectivity index (χ3v) is 2.52. The van der Waals surface area contributed by atoms with Crippen LogP contribution >= 0.6 is 0 Å². The molecule has 0 spiro atoms. The zero-order valence-corrected chi connectivity index (χ0v) is 8.44. The van der Waals surface area contributed by atoms with Gasteiger partial charge in [0.05, 0.1) is 12.2 Å². The smallest absolute Gasteiger partial charge is 0.402 e. The molecule has 0 aliphatic carbocycles. The summed E-state index contributed by atoms with van der Waals surface area (Å²) in [6.45, 7) is 4.02. The van der Waals surface area contributed by atoms with Gasteiger partial charge in [0, 0.05) is 5.69 Å². The summed E-state index contributed by atoms with van der Waals surface area (Å²) in [5.74, 6) is 0. The van der Waals surface area contributed by atoms with Gasteiger partial charge in [-0.05, 0) is 31.4 Å². The van der Waals surface area contributed by atoms with Gasteiger partial charge in [0.1, 0.15) is 0 Å². The average Bonchev–Trinajstić information content (AvgIpc) is 2.47. The maximum Gasteiger partial charge on any atom is 0.494 e. The molecule has 2 atom stereocenters. The lowest BCUT2D eigenvalue weighted by molar-refractivity contribution is 0.187. The van der Waals surface area contributed by atoms with Gasteiger partial charge in [-0.3, -0.25) is 0 Å². The van der Waals surface area contributed by atoms with E-state index in [-0.39, 0.29) is 19.3 Å². The summed E-state index contributed by atoms with van der Waals surface area (Å²) in [5, 5.41) is 0. The fraction of sp³-hybridized carbons (Fsp3) is 0.400. The van der Waals surface area contributed by atoms with Crippen LogP contribution in [0.1, 0.15) is 13.8 Å². The van der Waals surface area contributed by atoms with E-state index in [4.69, 9.17) is 15.0 Å². The van der Waals surface area contributed by atoms with Crippen molar-refractivity contribution in [2.24, 2.45) is 0 Å². The quantitative estimate of drug-likeness (QED) is 0.527. The third kappa shape index (κ3) is 1.76. The molecule has 4 heteroatoms. The third-order valence-electron chi connectivity index (χ3n) is 2.52. The summed E-state index contributed by atoms with van der Waals surface area (Å²) >= 11 is 0. The Bertz CT molecular complexity index is 322. The Kier molecular flexibility index (Phi) is 2.48. The van der Waals surface area contributed by atoms with Crippen LogP contribution in [0.2, 0.25) is 0 Å². The monoisotopic (exact) mass is 191 g/mol. The molecule has 1 aliphatic rings. The maximum absolute atomic E-state index is 5.68. The second-order valence-electron chi connectivity index (χ2n) is 3.68. The summed E-state index contributed by atoms with van der Waals surface area (Å²) in [5.41, 5.74) is 7.41. The number of rotatable bonds is 1. The van der Waals surface area contributed by atoms with Crippen molar-refractivity contribution in [3.63, 3.8) is 0 Å². The first-order valence-electron chi connectivity index (χ1n) is 4.83. The van der Waals surface area contributed by atoms with E-state index in [1.165, 1.54) is 0 Å². The number of anilines is 1. The van der Waals surface area contributed by atoms with Crippen molar-refractivity contribution >= 4 is 18.3 Å². The first kappa shape index (κ1) is 9.56. The first-order chi connectivity index (χ1) is 6.66. The maximum atomic E-state index is 5.68. The van der Waals surface area contributed by atoms with E-state index in [9.17, 15) is 0 Å². The van der Waals surface area contributed by atoms with Crippen LogP contribution in [-0.4, -0.2) is 19.3 Å². The lowest BCUT2D eigenvalue weighted by atomic mass is 9.79. The van der Waals surface area contributed by atoms with Crippen molar-refractivity contribution in [3.05, 3.63) is 24.3 Å². The topological polar surface area (TPSA) is 44.5 Å². The van der Waals surface area contributed by atoms with Crippen LogP contribution < -0.4 is 11.2 Å². The van der Waals surface area contributed by atoms with Crippen molar-refractivity contribution in [1.29, 1.82) is 0 Å². The lowest BCUT2D eigenvalue weighted by Crippen LogP contribution is -2.32. The normalized spacial score (nSPS) is 26.9. The van der Waals surface area contributed by atoms with Gasteiger partial charge < -0.3 is 15.0 Å². The highest BCUT2D eigenvalue weighted by molar-refractivity contribution is 6.62. The molecule has 74 valence electrons. The number of benzene rings is 1. The highest BCUT2D eigenvalue weighted by atomic mass is 16.7. The second-order valence-corrected chi connectivity index (χ2v) is 3.68. The van der Waals surface area contributed by atoms with Gasteiger partial charge in [-0.1, -0.05) is 12.1 Å². The Morgan fingerprint density at radius 2 is 1.86 bits per heavy atom. The Hall–Kier alpha value is -0.995. The number of nitrogens with two attached hydrogens (primary N) is 1. The molecule has 1 saturated heterocycles. The first-order valence-corrected chi connectivity index (χ1v) is 4.83. The van der Waals surface area contributed by atoms with Crippen molar-refractivity contribution in [2.45, 2.75) is 26.1 Å². The molecule has 0 saturated carbocycles. The number of hydrogen-bond donors (Lipinski definition) is 1. The van der Waals surface area contributed by atoms with Crippen LogP contribution in [0.3, 0.4) is 0 Å². The van der Waals surface area contributed by atoms with Crippen molar-refractivity contribution in [3.8, 4) is 0 Å². The van der Waals surface area contributed by atoms with Gasteiger partial charge in [-0.25, -0.2) is 0 Å². The predicted molar refractivity (Wildman–Crippen MR) is 57.3 cm³/mol. The lowest BCUT2D eigenvalue weighted by Gasteiger charge is -2.05. The molecule has 1 fully saturated rings. The molecule has 1 aromatic rings. The largest absolute Gasteiger partial charge is 0.494 e. The molecular weight excluding hydrogens is 177 g/mol. The van der Waals surface area contributed by atoms with Gasteiger partial charge >= 0.3 is 7.12 Å². The Morgan fingerprint density at radius 1 is 1.21 bits per heavy atom. The molecule has 1 aliphatic heterocycles. The molecule has 0 aromatic heterocycles. The van der Waals surface area contributed by atoms with Crippen molar-refractivity contribution in [1.82, 2.24) is 0 Å². The van der Waals surface area contributed by atoms with Gasteiger partial charge in [0.15, 0.2) is 0 Å². The zero-order chi connectivity index (χ0) is 10.1. The van der Waals surface area contributed by atoms with E-state index in [2.05, 4.69) is 0 Å². The number of hydrogen-bond acceptors (Lipinski definition) is 3. The second kappa shape index (κ2) is 3.63. The average molecular weight is 191 g/mol. The summed E-state index contributed by atoms with van der Waals surface area (Å²) in [4.78, 5) is 0. The molecule has 14 heavy (non-hydrogen) atoms. The van der Waals surface area contributed by atoms with Crippen LogP contribution in [0.15, 0.2) is 24.3 Å². The molecule has 3 nitrogen and oxygen atoms in total. The summed E-state index contributed by atoms with van der Waals surface area (Å²) < 4.78 is 11.3. The summed E-state index contributed by atoms with van der Waals surface area (Å²) in [6.07, 6.45) is 0.280. The van der Waals surface area contributed by atoms with Crippen LogP contribution in [-0.2, 0) is 9.31 Å². The van der Waals surface area contributed by atoms with E-state index >= 15 is 0 Å². The molecule has 0 bridgehead atoms. The standard InChI is InChI=1S/C10H14BNO2/c1-7-8(2)14-11(13-7)9-4-3-5-10(12)6-9/h3-8H,12H2,1-2H3. The van der Waals surface area contributed by atoms with Crippen LogP contribution in [0.4, 0.5) is 5.69 Å². The molecule has 2 unspecified atom stereocenters. The molecule has 0 amide bonds. The Morgan fingerprint density at radius 3 is 2.43 bits per heavy atom. The fourth-order valence-electron chi connectivity index (χ4n) is 1.51. The molecule has 0 radical (unpaired) electrons. The SMILES string of the molecule is CC1OB(c2cccc(N)c2)OC1C. The van der Waals surface area contributed by atoms with E-state index in [1.807, 2.05) is 38.1 Å². The minimum Gasteiger partial charge on any atom is -0.402 e. The van der Waals surface area contributed by atoms with Gasteiger partial charge in [0.2, 0.25) is 0 Å². The highest BCUT2D eigenvalue weighted by Crippen LogP contribution is 2.15. The van der Waals surface area contributed by atoms with Gasteiger partial charge in [0.25, 0.3) is 0 Å². The summed E-state index contributed by atoms with van der Waals surface area (Å²) in [6, 6.07) is 7.61. The van der Waals surface area contributed by atoms with E-state index < -0.39 is 0 Å². The van der Waals surface area contributed by atoms with Crippen LogP contribution in [0, 0.1) is 0 Å². The Balaban J connectivity index is 2.17. The highest BCUT2D eigenvalue weighted by Gasteiger charge is 2.35. The molecule has 1 heterocycles. The van der Waals surface area contributed by atoms with Crippen molar-refractivity contribution in [2.75, 3.05) is 5.73 Å². The van der Waals surface area contributed by atoms with Crippen molar-refractivity contribution < 1.29 is 9.31 Å². The minimum absolute atomic E-state index is 0.140. The van der Waals surface area contributed by atoms with Crippen LogP contribution in [0.25, 0.3) is 0 Å². The van der Waals surface area contributed by atoms with Gasteiger partial charge in [-0.2, -0.15) is 0 Å². The summed E-state index contributed by atoms with van der Waals surface area (Å²) in [7, 11) is -0.261. The molecular formula is C10H14BNO2. The molecule has 2 rings (SSSR count). The van der Waals surface area contributed by atoms with E-state index in [0.29, 0.717) is 0 Å². The minimum atomic E-state index is -0.261. The van der Waals surface area contributed by atoms with Crippen LogP contribution in [0.5, 0.6) is 0 Å². The molecule has 2 N–H and O–H groups in total. The predicted octanol–water partition coefficient (Wildman–Crippen LogP) is 0.788. The Labute approximate surface area is 84.3 Å². The molecule has 1 aromatic carbocycles. The number of nitrogen functional groups attached to an aromatic ring is 1. The van der Waals surface area contributed by atoms with E-state index in [0.717, 1.165) is 11.2 Å². The fourth-order valence-corrected chi connectivity index (χ4v) is 1.51.